The highest BCUT2D eigenvalue weighted by Gasteiger charge is 2.34. The maximum atomic E-state index is 13.3. The van der Waals surface area contributed by atoms with E-state index in [1.807, 2.05) is 54.7 Å². The SMILES string of the molecule is COc1ccc(N2C(=O)/C(=C\c3cn(Cc4ccccc4Cl)c4ccccc34)SC2=S)cc1Cl. The Kier molecular flexibility index (Phi) is 6.40. The number of aromatic nitrogens is 1. The minimum absolute atomic E-state index is 0.181. The zero-order valence-electron chi connectivity index (χ0n) is 18.0. The Bertz CT molecular complexity index is 1480. The van der Waals surface area contributed by atoms with Gasteiger partial charge in [0.2, 0.25) is 0 Å². The normalized spacial score (nSPS) is 15.0. The molecule has 0 bridgehead atoms. The number of rotatable bonds is 5. The summed E-state index contributed by atoms with van der Waals surface area (Å²) in [6, 6.07) is 21.1. The maximum absolute atomic E-state index is 13.3. The van der Waals surface area contributed by atoms with Gasteiger partial charge in [-0.05, 0) is 42.0 Å². The molecule has 0 saturated carbocycles. The summed E-state index contributed by atoms with van der Waals surface area (Å²) in [7, 11) is 1.55. The number of para-hydroxylation sites is 1. The molecule has 1 aliphatic heterocycles. The molecular weight excluding hydrogens is 507 g/mol. The van der Waals surface area contributed by atoms with Gasteiger partial charge in [-0.1, -0.05) is 83.6 Å². The number of anilines is 1. The number of carbonyl (C=O) groups is 1. The van der Waals surface area contributed by atoms with Crippen LogP contribution in [0.25, 0.3) is 17.0 Å². The van der Waals surface area contributed by atoms with Crippen molar-refractivity contribution in [2.75, 3.05) is 12.0 Å². The van der Waals surface area contributed by atoms with Gasteiger partial charge in [-0.2, -0.15) is 0 Å². The Labute approximate surface area is 216 Å². The average Bonchev–Trinajstić information content (AvgIpc) is 3.31. The summed E-state index contributed by atoms with van der Waals surface area (Å²) in [5.74, 6) is 0.358. The van der Waals surface area contributed by atoms with Gasteiger partial charge in [0.25, 0.3) is 5.91 Å². The van der Waals surface area contributed by atoms with Crippen molar-refractivity contribution in [1.82, 2.24) is 4.57 Å². The van der Waals surface area contributed by atoms with Crippen molar-refractivity contribution in [1.29, 1.82) is 0 Å². The highest BCUT2D eigenvalue weighted by atomic mass is 35.5. The first-order chi connectivity index (χ1) is 16.5. The number of thiocarbonyl (C=S) groups is 1. The number of methoxy groups -OCH3 is 1. The average molecular weight is 525 g/mol. The van der Waals surface area contributed by atoms with Crippen LogP contribution in [-0.2, 0) is 11.3 Å². The van der Waals surface area contributed by atoms with Gasteiger partial charge in [-0.25, -0.2) is 0 Å². The predicted octanol–water partition coefficient (Wildman–Crippen LogP) is 7.41. The number of thioether (sulfide) groups is 1. The number of hydrogen-bond donors (Lipinski definition) is 0. The van der Waals surface area contributed by atoms with Crippen LogP contribution >= 0.6 is 47.2 Å². The molecule has 0 aliphatic carbocycles. The smallest absolute Gasteiger partial charge is 0.270 e. The number of nitrogens with zero attached hydrogens (tertiary/aromatic N) is 2. The van der Waals surface area contributed by atoms with Crippen LogP contribution in [0.3, 0.4) is 0 Å². The summed E-state index contributed by atoms with van der Waals surface area (Å²) in [5.41, 5.74) is 3.64. The van der Waals surface area contributed by atoms with Crippen LogP contribution in [0, 0.1) is 0 Å². The monoisotopic (exact) mass is 524 g/mol. The van der Waals surface area contributed by atoms with Crippen molar-refractivity contribution in [2.45, 2.75) is 6.54 Å². The Morgan fingerprint density at radius 2 is 1.79 bits per heavy atom. The zero-order chi connectivity index (χ0) is 23.8. The van der Waals surface area contributed by atoms with Gasteiger partial charge in [0.15, 0.2) is 4.32 Å². The lowest BCUT2D eigenvalue weighted by Gasteiger charge is -2.15. The minimum Gasteiger partial charge on any atom is -0.495 e. The third-order valence-corrected chi connectivity index (χ3v) is 7.56. The van der Waals surface area contributed by atoms with Gasteiger partial charge in [-0.3, -0.25) is 9.69 Å². The summed E-state index contributed by atoms with van der Waals surface area (Å²) < 4.78 is 7.82. The molecule has 0 spiro atoms. The fourth-order valence-electron chi connectivity index (χ4n) is 3.96. The molecule has 1 aliphatic rings. The predicted molar refractivity (Wildman–Crippen MR) is 146 cm³/mol. The van der Waals surface area contributed by atoms with Gasteiger partial charge in [0, 0.05) is 34.2 Å². The largest absolute Gasteiger partial charge is 0.495 e. The second-order valence-corrected chi connectivity index (χ2v) is 10.1. The molecule has 1 amide bonds. The number of hydrogen-bond acceptors (Lipinski definition) is 4. The van der Waals surface area contributed by atoms with E-state index in [4.69, 9.17) is 40.2 Å². The Balaban J connectivity index is 1.51. The van der Waals surface area contributed by atoms with E-state index in [1.54, 1.807) is 25.3 Å². The van der Waals surface area contributed by atoms with Crippen LogP contribution in [0.5, 0.6) is 5.75 Å². The summed E-state index contributed by atoms with van der Waals surface area (Å²) in [6.07, 6.45) is 3.95. The highest BCUT2D eigenvalue weighted by molar-refractivity contribution is 8.27. The van der Waals surface area contributed by atoms with E-state index in [0.29, 0.717) is 32.2 Å². The lowest BCUT2D eigenvalue weighted by Crippen LogP contribution is -2.27. The van der Waals surface area contributed by atoms with Crippen LogP contribution in [0.2, 0.25) is 10.0 Å². The van der Waals surface area contributed by atoms with E-state index in [0.717, 1.165) is 27.1 Å². The molecule has 4 nitrogen and oxygen atoms in total. The molecule has 5 rings (SSSR count). The van der Waals surface area contributed by atoms with Crippen molar-refractivity contribution in [3.63, 3.8) is 0 Å². The molecule has 1 saturated heterocycles. The van der Waals surface area contributed by atoms with Gasteiger partial charge in [-0.15, -0.1) is 0 Å². The Hall–Kier alpha value is -2.77. The van der Waals surface area contributed by atoms with Gasteiger partial charge < -0.3 is 9.30 Å². The second-order valence-electron chi connectivity index (χ2n) is 7.66. The summed E-state index contributed by atoms with van der Waals surface area (Å²) in [5, 5.41) is 2.19. The van der Waals surface area contributed by atoms with E-state index in [1.165, 1.54) is 16.7 Å². The topological polar surface area (TPSA) is 34.5 Å². The fraction of sp³-hybridized carbons (Fsp3) is 0.0769. The molecule has 4 aromatic rings. The van der Waals surface area contributed by atoms with Crippen molar-refractivity contribution >= 4 is 80.1 Å². The summed E-state index contributed by atoms with van der Waals surface area (Å²) in [6.45, 7) is 0.624. The standard InChI is InChI=1S/C26H18Cl2N2O2S2/c1-32-23-11-10-18(13-21(23)28)30-25(31)24(34-26(30)33)12-17-15-29(22-9-5-3-7-19(17)22)14-16-6-2-4-8-20(16)27/h2-13,15H,14H2,1H3/b24-12+. The molecule has 0 atom stereocenters. The van der Waals surface area contributed by atoms with Crippen molar-refractivity contribution in [3.05, 3.63) is 99.0 Å². The van der Waals surface area contributed by atoms with Gasteiger partial charge in [0.1, 0.15) is 5.75 Å². The lowest BCUT2D eigenvalue weighted by molar-refractivity contribution is -0.113. The molecule has 0 unspecified atom stereocenters. The minimum atomic E-state index is -0.181. The van der Waals surface area contributed by atoms with Crippen LogP contribution in [0.4, 0.5) is 5.69 Å². The van der Waals surface area contributed by atoms with Crippen molar-refractivity contribution < 1.29 is 9.53 Å². The molecule has 8 heteroatoms. The van der Waals surface area contributed by atoms with Gasteiger partial charge in [0.05, 0.1) is 22.7 Å². The first kappa shape index (κ1) is 23.0. The fourth-order valence-corrected chi connectivity index (χ4v) is 5.69. The van der Waals surface area contributed by atoms with Gasteiger partial charge >= 0.3 is 0 Å². The zero-order valence-corrected chi connectivity index (χ0v) is 21.1. The molecule has 1 aromatic heterocycles. The number of halogens is 2. The number of carbonyl (C=O) groups excluding carboxylic acids is 1. The molecule has 2 heterocycles. The maximum Gasteiger partial charge on any atom is 0.270 e. The van der Waals surface area contributed by atoms with Crippen LogP contribution in [0.1, 0.15) is 11.1 Å². The summed E-state index contributed by atoms with van der Waals surface area (Å²) in [4.78, 5) is 15.4. The first-order valence-electron chi connectivity index (χ1n) is 10.4. The number of ether oxygens (including phenoxy) is 1. The van der Waals surface area contributed by atoms with Crippen LogP contribution in [-0.4, -0.2) is 21.9 Å². The van der Waals surface area contributed by atoms with Crippen LogP contribution in [0.15, 0.2) is 77.8 Å². The van der Waals surface area contributed by atoms with Crippen LogP contribution < -0.4 is 9.64 Å². The first-order valence-corrected chi connectivity index (χ1v) is 12.4. The molecule has 0 radical (unpaired) electrons. The van der Waals surface area contributed by atoms with Crippen molar-refractivity contribution in [3.8, 4) is 5.75 Å². The molecule has 1 fully saturated rings. The van der Waals surface area contributed by atoms with E-state index in [2.05, 4.69) is 10.6 Å². The molecule has 170 valence electrons. The third kappa shape index (κ3) is 4.23. The van der Waals surface area contributed by atoms with Crippen molar-refractivity contribution in [2.24, 2.45) is 0 Å². The highest BCUT2D eigenvalue weighted by Crippen LogP contribution is 2.39. The van der Waals surface area contributed by atoms with E-state index in [9.17, 15) is 4.79 Å². The Morgan fingerprint density at radius 3 is 2.56 bits per heavy atom. The van der Waals surface area contributed by atoms with E-state index in [-0.39, 0.29) is 5.91 Å². The summed E-state index contributed by atoms with van der Waals surface area (Å²) >= 11 is 19.5. The number of amides is 1. The van der Waals surface area contributed by atoms with E-state index < -0.39 is 0 Å². The number of benzene rings is 3. The molecule has 0 N–H and O–H groups in total. The molecule has 3 aromatic carbocycles. The molecule has 34 heavy (non-hydrogen) atoms. The number of fused-ring (bicyclic) bond motifs is 1. The van der Waals surface area contributed by atoms with E-state index >= 15 is 0 Å². The second kappa shape index (κ2) is 9.47. The lowest BCUT2D eigenvalue weighted by atomic mass is 10.1. The quantitative estimate of drug-likeness (QED) is 0.201. The Morgan fingerprint density at radius 1 is 1.03 bits per heavy atom. The third-order valence-electron chi connectivity index (χ3n) is 5.59. The molecular formula is C26H18Cl2N2O2S2.